The predicted molar refractivity (Wildman–Crippen MR) is 105 cm³/mol. The number of carbonyl (C=O) groups is 2. The fourth-order valence-electron chi connectivity index (χ4n) is 3.15. The summed E-state index contributed by atoms with van der Waals surface area (Å²) in [6, 6.07) is 7.73. The van der Waals surface area contributed by atoms with E-state index in [1.165, 1.54) is 5.56 Å². The van der Waals surface area contributed by atoms with Gasteiger partial charge in [0.15, 0.2) is 0 Å². The molecule has 0 saturated carbocycles. The minimum absolute atomic E-state index is 0.0431. The Morgan fingerprint density at radius 1 is 0.962 bits per heavy atom. The summed E-state index contributed by atoms with van der Waals surface area (Å²) in [5.41, 5.74) is 1.75. The molecule has 0 bridgehead atoms. The van der Waals surface area contributed by atoms with E-state index in [2.05, 4.69) is 24.1 Å². The van der Waals surface area contributed by atoms with Crippen molar-refractivity contribution in [1.29, 1.82) is 0 Å². The van der Waals surface area contributed by atoms with Crippen molar-refractivity contribution in [2.45, 2.75) is 59.0 Å². The highest BCUT2D eigenvalue weighted by Gasteiger charge is 2.29. The molecule has 1 heterocycles. The number of piperazine rings is 1. The van der Waals surface area contributed by atoms with Gasteiger partial charge >= 0.3 is 0 Å². The molecule has 1 fully saturated rings. The summed E-state index contributed by atoms with van der Waals surface area (Å²) in [7, 11) is 0. The Bertz CT molecular complexity index is 624. The quantitative estimate of drug-likeness (QED) is 0.899. The highest BCUT2D eigenvalue weighted by atomic mass is 16.2. The molecule has 1 N–H and O–H groups in total. The Morgan fingerprint density at radius 2 is 1.50 bits per heavy atom. The number of nitrogens with zero attached hydrogens (tertiary/aromatic N) is 2. The zero-order chi connectivity index (χ0) is 19.5. The fourth-order valence-corrected chi connectivity index (χ4v) is 3.15. The maximum atomic E-state index is 12.7. The molecule has 0 spiro atoms. The van der Waals surface area contributed by atoms with Crippen molar-refractivity contribution in [1.82, 2.24) is 15.1 Å². The maximum absolute atomic E-state index is 12.7. The van der Waals surface area contributed by atoms with Crippen LogP contribution in [-0.2, 0) is 4.79 Å². The molecule has 1 aliphatic rings. The number of hydrogen-bond acceptors (Lipinski definition) is 3. The van der Waals surface area contributed by atoms with Crippen LogP contribution in [0.4, 0.5) is 0 Å². The van der Waals surface area contributed by atoms with E-state index in [-0.39, 0.29) is 23.4 Å². The molecule has 0 radical (unpaired) electrons. The third-order valence-corrected chi connectivity index (χ3v) is 4.85. The van der Waals surface area contributed by atoms with Gasteiger partial charge in [-0.1, -0.05) is 26.0 Å². The molecule has 1 aromatic rings. The Hall–Kier alpha value is -1.88. The average Bonchev–Trinajstić information content (AvgIpc) is 2.59. The highest BCUT2D eigenvalue weighted by Crippen LogP contribution is 2.17. The Morgan fingerprint density at radius 3 is 1.96 bits per heavy atom. The van der Waals surface area contributed by atoms with Crippen LogP contribution in [0.25, 0.3) is 0 Å². The van der Waals surface area contributed by atoms with E-state index in [1.54, 1.807) is 0 Å². The number of rotatable bonds is 4. The first kappa shape index (κ1) is 20.4. The Kier molecular flexibility index (Phi) is 6.45. The molecule has 0 aliphatic carbocycles. The van der Waals surface area contributed by atoms with Crippen LogP contribution >= 0.6 is 0 Å². The van der Waals surface area contributed by atoms with Gasteiger partial charge in [0.05, 0.1) is 6.04 Å². The summed E-state index contributed by atoms with van der Waals surface area (Å²) in [5, 5.41) is 3.03. The normalized spacial score (nSPS) is 17.3. The number of carbonyl (C=O) groups excluding carboxylic acids is 2. The third-order valence-electron chi connectivity index (χ3n) is 4.85. The van der Waals surface area contributed by atoms with Crippen LogP contribution in [0.2, 0.25) is 0 Å². The molecule has 5 nitrogen and oxygen atoms in total. The van der Waals surface area contributed by atoms with Crippen LogP contribution in [0, 0.1) is 0 Å². The van der Waals surface area contributed by atoms with Crippen molar-refractivity contribution in [2.75, 3.05) is 26.2 Å². The van der Waals surface area contributed by atoms with Gasteiger partial charge in [-0.05, 0) is 51.3 Å². The van der Waals surface area contributed by atoms with Crippen LogP contribution in [0.3, 0.4) is 0 Å². The smallest absolute Gasteiger partial charge is 0.253 e. The predicted octanol–water partition coefficient (Wildman–Crippen LogP) is 2.87. The fraction of sp³-hybridized carbons (Fsp3) is 0.619. The lowest BCUT2D eigenvalue weighted by atomic mass is 10.0. The summed E-state index contributed by atoms with van der Waals surface area (Å²) in [6.07, 6.45) is 0. The zero-order valence-electron chi connectivity index (χ0n) is 17.0. The first-order chi connectivity index (χ1) is 12.1. The van der Waals surface area contributed by atoms with E-state index in [4.69, 9.17) is 0 Å². The van der Waals surface area contributed by atoms with Gasteiger partial charge < -0.3 is 10.2 Å². The molecule has 1 saturated heterocycles. The second-order valence-corrected chi connectivity index (χ2v) is 8.52. The molecule has 26 heavy (non-hydrogen) atoms. The molecule has 1 atom stereocenters. The molecule has 5 heteroatoms. The van der Waals surface area contributed by atoms with Gasteiger partial charge in [-0.15, -0.1) is 0 Å². The van der Waals surface area contributed by atoms with Crippen LogP contribution < -0.4 is 5.32 Å². The lowest BCUT2D eigenvalue weighted by molar-refractivity contribution is -0.127. The Balaban J connectivity index is 1.91. The van der Waals surface area contributed by atoms with Gasteiger partial charge in [-0.2, -0.15) is 0 Å². The van der Waals surface area contributed by atoms with E-state index in [9.17, 15) is 9.59 Å². The van der Waals surface area contributed by atoms with E-state index in [0.29, 0.717) is 32.1 Å². The van der Waals surface area contributed by atoms with Gasteiger partial charge in [0, 0.05) is 37.3 Å². The SMILES string of the molecule is CC(C)c1ccc(C(=O)N2CCN(C(C)C(=O)NC(C)(C)C)CC2)cc1. The lowest BCUT2D eigenvalue weighted by Gasteiger charge is -2.38. The van der Waals surface area contributed by atoms with Crippen molar-refractivity contribution < 1.29 is 9.59 Å². The minimum Gasteiger partial charge on any atom is -0.350 e. The lowest BCUT2D eigenvalue weighted by Crippen LogP contribution is -2.56. The summed E-state index contributed by atoms with van der Waals surface area (Å²) in [4.78, 5) is 29.1. The molecule has 1 unspecified atom stereocenters. The monoisotopic (exact) mass is 359 g/mol. The molecule has 2 amide bonds. The standard InChI is InChI=1S/C21H33N3O2/c1-15(2)17-7-9-18(10-8-17)20(26)24-13-11-23(12-14-24)16(3)19(25)22-21(4,5)6/h7-10,15-16H,11-14H2,1-6H3,(H,22,25). The molecular weight excluding hydrogens is 326 g/mol. The number of hydrogen-bond donors (Lipinski definition) is 1. The number of amides is 2. The van der Waals surface area contributed by atoms with Gasteiger partial charge in [0.1, 0.15) is 0 Å². The van der Waals surface area contributed by atoms with Crippen LogP contribution in [0.15, 0.2) is 24.3 Å². The van der Waals surface area contributed by atoms with Crippen molar-refractivity contribution in [2.24, 2.45) is 0 Å². The molecule has 0 aromatic heterocycles. The van der Waals surface area contributed by atoms with Crippen LogP contribution in [0.5, 0.6) is 0 Å². The summed E-state index contributed by atoms with van der Waals surface area (Å²) >= 11 is 0. The molecule has 144 valence electrons. The molecule has 2 rings (SSSR count). The summed E-state index contributed by atoms with van der Waals surface area (Å²) in [5.74, 6) is 0.580. The largest absolute Gasteiger partial charge is 0.350 e. The highest BCUT2D eigenvalue weighted by molar-refractivity contribution is 5.94. The van der Waals surface area contributed by atoms with Gasteiger partial charge in [-0.3, -0.25) is 14.5 Å². The van der Waals surface area contributed by atoms with Crippen LogP contribution in [0.1, 0.15) is 63.4 Å². The van der Waals surface area contributed by atoms with Gasteiger partial charge in [0.2, 0.25) is 5.91 Å². The third kappa shape index (κ3) is 5.31. The van der Waals surface area contributed by atoms with Crippen molar-refractivity contribution >= 4 is 11.8 Å². The van der Waals surface area contributed by atoms with Crippen molar-refractivity contribution in [3.8, 4) is 0 Å². The minimum atomic E-state index is -0.231. The van der Waals surface area contributed by atoms with Crippen molar-refractivity contribution in [3.63, 3.8) is 0 Å². The summed E-state index contributed by atoms with van der Waals surface area (Å²) in [6.45, 7) is 14.9. The zero-order valence-corrected chi connectivity index (χ0v) is 17.0. The topological polar surface area (TPSA) is 52.7 Å². The maximum Gasteiger partial charge on any atom is 0.253 e. The molecule has 1 aliphatic heterocycles. The second-order valence-electron chi connectivity index (χ2n) is 8.52. The van der Waals surface area contributed by atoms with E-state index in [1.807, 2.05) is 56.9 Å². The van der Waals surface area contributed by atoms with Crippen molar-refractivity contribution in [3.05, 3.63) is 35.4 Å². The number of benzene rings is 1. The average molecular weight is 360 g/mol. The first-order valence-corrected chi connectivity index (χ1v) is 9.54. The van der Waals surface area contributed by atoms with E-state index in [0.717, 1.165) is 5.56 Å². The Labute approximate surface area is 157 Å². The molecular formula is C21H33N3O2. The van der Waals surface area contributed by atoms with Gasteiger partial charge in [0.25, 0.3) is 5.91 Å². The van der Waals surface area contributed by atoms with E-state index < -0.39 is 0 Å². The van der Waals surface area contributed by atoms with Gasteiger partial charge in [-0.25, -0.2) is 0 Å². The number of nitrogens with one attached hydrogen (secondary N) is 1. The molecule has 1 aromatic carbocycles. The first-order valence-electron chi connectivity index (χ1n) is 9.54. The van der Waals surface area contributed by atoms with Crippen LogP contribution in [-0.4, -0.2) is 59.4 Å². The van der Waals surface area contributed by atoms with E-state index >= 15 is 0 Å². The summed E-state index contributed by atoms with van der Waals surface area (Å²) < 4.78 is 0. The second kappa shape index (κ2) is 8.21.